The molecule has 3 rings (SSSR count). The van der Waals surface area contributed by atoms with E-state index in [-0.39, 0.29) is 5.75 Å². The van der Waals surface area contributed by atoms with Crippen LogP contribution in [0.3, 0.4) is 0 Å². The number of nitrogens with zero attached hydrogens (tertiary/aromatic N) is 1. The Morgan fingerprint density at radius 3 is 2.63 bits per heavy atom. The molecule has 0 bridgehead atoms. The third-order valence-corrected chi connectivity index (χ3v) is 6.02. The number of sulfonamides is 1. The van der Waals surface area contributed by atoms with Crippen LogP contribution in [0.5, 0.6) is 5.75 Å². The first-order valence-corrected chi connectivity index (χ1v) is 10.7. The van der Waals surface area contributed by atoms with Gasteiger partial charge in [0.1, 0.15) is 11.4 Å². The van der Waals surface area contributed by atoms with Gasteiger partial charge in [0.15, 0.2) is 0 Å². The number of nitrogens with one attached hydrogen (secondary N) is 2. The Kier molecular flexibility index (Phi) is 5.82. The van der Waals surface area contributed by atoms with Crippen molar-refractivity contribution < 1.29 is 13.2 Å². The number of aromatic nitrogens is 2. The van der Waals surface area contributed by atoms with Crippen LogP contribution in [0.15, 0.2) is 42.7 Å². The standard InChI is InChI=1S/C20H25N3O3S/c1-4-14(2)12-26-18-9-10-22-20-19(18)17(11-23-20)16-7-5-15(6-8-16)13-27(24,25)21-3/h5-11,14,21H,4,12-13H2,1-3H3,(H,22,23). The predicted octanol–water partition coefficient (Wildman–Crippen LogP) is 3.70. The van der Waals surface area contributed by atoms with Gasteiger partial charge in [-0.25, -0.2) is 18.1 Å². The third kappa shape index (κ3) is 4.48. The number of ether oxygens (including phenoxy) is 1. The second-order valence-corrected chi connectivity index (χ2v) is 8.65. The number of pyridine rings is 1. The van der Waals surface area contributed by atoms with E-state index in [1.165, 1.54) is 7.05 Å². The molecule has 1 unspecified atom stereocenters. The highest BCUT2D eigenvalue weighted by atomic mass is 32.2. The summed E-state index contributed by atoms with van der Waals surface area (Å²) >= 11 is 0. The smallest absolute Gasteiger partial charge is 0.215 e. The van der Waals surface area contributed by atoms with Gasteiger partial charge in [0, 0.05) is 18.0 Å². The summed E-state index contributed by atoms with van der Waals surface area (Å²) in [6.07, 6.45) is 4.71. The molecule has 0 saturated carbocycles. The quantitative estimate of drug-likeness (QED) is 0.617. The van der Waals surface area contributed by atoms with Crippen molar-refractivity contribution in [1.29, 1.82) is 0 Å². The first kappa shape index (κ1) is 19.4. The lowest BCUT2D eigenvalue weighted by Gasteiger charge is -2.12. The van der Waals surface area contributed by atoms with Gasteiger partial charge in [-0.2, -0.15) is 0 Å². The Balaban J connectivity index is 1.92. The molecular weight excluding hydrogens is 362 g/mol. The molecule has 6 nitrogen and oxygen atoms in total. The van der Waals surface area contributed by atoms with Crippen molar-refractivity contribution in [3.05, 3.63) is 48.3 Å². The van der Waals surface area contributed by atoms with Crippen molar-refractivity contribution in [1.82, 2.24) is 14.7 Å². The van der Waals surface area contributed by atoms with Crippen LogP contribution in [0.2, 0.25) is 0 Å². The maximum Gasteiger partial charge on any atom is 0.215 e. The average molecular weight is 388 g/mol. The third-order valence-electron chi connectivity index (χ3n) is 4.69. The molecule has 2 aromatic heterocycles. The van der Waals surface area contributed by atoms with Gasteiger partial charge >= 0.3 is 0 Å². The van der Waals surface area contributed by atoms with Gasteiger partial charge in [0.25, 0.3) is 0 Å². The summed E-state index contributed by atoms with van der Waals surface area (Å²) in [6.45, 7) is 4.96. The summed E-state index contributed by atoms with van der Waals surface area (Å²) < 4.78 is 31.8. The summed E-state index contributed by atoms with van der Waals surface area (Å²) in [5, 5.41) is 0.941. The van der Waals surface area contributed by atoms with Crippen LogP contribution in [0.4, 0.5) is 0 Å². The number of hydrogen-bond donors (Lipinski definition) is 2. The van der Waals surface area contributed by atoms with Gasteiger partial charge in [0.2, 0.25) is 10.0 Å². The highest BCUT2D eigenvalue weighted by Crippen LogP contribution is 2.34. The Morgan fingerprint density at radius 1 is 1.22 bits per heavy atom. The minimum atomic E-state index is -3.28. The molecule has 2 heterocycles. The van der Waals surface area contributed by atoms with Crippen molar-refractivity contribution in [3.8, 4) is 16.9 Å². The molecule has 0 aliphatic heterocycles. The molecule has 7 heteroatoms. The molecule has 0 aliphatic carbocycles. The number of benzene rings is 1. The van der Waals surface area contributed by atoms with Crippen LogP contribution in [0, 0.1) is 5.92 Å². The molecule has 1 atom stereocenters. The summed E-state index contributed by atoms with van der Waals surface area (Å²) in [6, 6.07) is 9.40. The highest BCUT2D eigenvalue weighted by Gasteiger charge is 2.14. The molecule has 0 radical (unpaired) electrons. The van der Waals surface area contributed by atoms with Crippen LogP contribution in [-0.4, -0.2) is 32.0 Å². The van der Waals surface area contributed by atoms with Gasteiger partial charge < -0.3 is 9.72 Å². The van der Waals surface area contributed by atoms with E-state index in [4.69, 9.17) is 4.74 Å². The number of hydrogen-bond acceptors (Lipinski definition) is 4. The fraction of sp³-hybridized carbons (Fsp3) is 0.350. The molecule has 0 amide bonds. The lowest BCUT2D eigenvalue weighted by atomic mass is 10.0. The van der Waals surface area contributed by atoms with Crippen molar-refractivity contribution in [2.75, 3.05) is 13.7 Å². The molecule has 0 spiro atoms. The number of rotatable bonds is 8. The zero-order chi connectivity index (χ0) is 19.4. The molecule has 0 aliphatic rings. The lowest BCUT2D eigenvalue weighted by molar-refractivity contribution is 0.259. The Bertz CT molecular complexity index is 1010. The van der Waals surface area contributed by atoms with Crippen molar-refractivity contribution in [2.24, 2.45) is 5.92 Å². The second kappa shape index (κ2) is 8.10. The zero-order valence-electron chi connectivity index (χ0n) is 15.8. The first-order valence-electron chi connectivity index (χ1n) is 9.03. The van der Waals surface area contributed by atoms with E-state index in [9.17, 15) is 8.42 Å². The normalized spacial score (nSPS) is 13.0. The minimum absolute atomic E-state index is 0.0392. The van der Waals surface area contributed by atoms with Gasteiger partial charge in [-0.05, 0) is 30.2 Å². The predicted molar refractivity (Wildman–Crippen MR) is 108 cm³/mol. The molecule has 0 saturated heterocycles. The van der Waals surface area contributed by atoms with Crippen LogP contribution < -0.4 is 9.46 Å². The minimum Gasteiger partial charge on any atom is -0.492 e. The Hall–Kier alpha value is -2.38. The van der Waals surface area contributed by atoms with Gasteiger partial charge in [-0.3, -0.25) is 0 Å². The van der Waals surface area contributed by atoms with E-state index >= 15 is 0 Å². The highest BCUT2D eigenvalue weighted by molar-refractivity contribution is 7.88. The van der Waals surface area contributed by atoms with Crippen molar-refractivity contribution in [3.63, 3.8) is 0 Å². The monoisotopic (exact) mass is 387 g/mol. The Morgan fingerprint density at radius 2 is 1.96 bits per heavy atom. The number of fused-ring (bicyclic) bond motifs is 1. The van der Waals surface area contributed by atoms with Gasteiger partial charge in [-0.1, -0.05) is 44.5 Å². The van der Waals surface area contributed by atoms with E-state index in [0.717, 1.165) is 39.9 Å². The van der Waals surface area contributed by atoms with E-state index in [1.54, 1.807) is 6.20 Å². The summed E-state index contributed by atoms with van der Waals surface area (Å²) in [4.78, 5) is 7.58. The molecule has 1 aromatic carbocycles. The topological polar surface area (TPSA) is 84.1 Å². The fourth-order valence-electron chi connectivity index (χ4n) is 2.80. The van der Waals surface area contributed by atoms with Crippen LogP contribution in [-0.2, 0) is 15.8 Å². The van der Waals surface area contributed by atoms with E-state index in [0.29, 0.717) is 12.5 Å². The van der Waals surface area contributed by atoms with E-state index < -0.39 is 10.0 Å². The first-order chi connectivity index (χ1) is 12.9. The summed E-state index contributed by atoms with van der Waals surface area (Å²) in [5.41, 5.74) is 3.47. The molecule has 2 N–H and O–H groups in total. The van der Waals surface area contributed by atoms with E-state index in [1.807, 2.05) is 36.5 Å². The van der Waals surface area contributed by atoms with E-state index in [2.05, 4.69) is 28.5 Å². The van der Waals surface area contributed by atoms with Crippen molar-refractivity contribution >= 4 is 21.1 Å². The van der Waals surface area contributed by atoms with Gasteiger partial charge in [0.05, 0.1) is 17.7 Å². The second-order valence-electron chi connectivity index (χ2n) is 6.72. The van der Waals surface area contributed by atoms with Crippen LogP contribution >= 0.6 is 0 Å². The Labute approximate surface area is 160 Å². The lowest BCUT2D eigenvalue weighted by Crippen LogP contribution is -2.20. The maximum absolute atomic E-state index is 11.7. The molecule has 0 fully saturated rings. The fourth-order valence-corrected chi connectivity index (χ4v) is 3.57. The van der Waals surface area contributed by atoms with Crippen molar-refractivity contribution in [2.45, 2.75) is 26.0 Å². The molecule has 3 aromatic rings. The largest absolute Gasteiger partial charge is 0.492 e. The van der Waals surface area contributed by atoms with Gasteiger partial charge in [-0.15, -0.1) is 0 Å². The molecular formula is C20H25N3O3S. The van der Waals surface area contributed by atoms with Crippen LogP contribution in [0.1, 0.15) is 25.8 Å². The zero-order valence-corrected chi connectivity index (χ0v) is 16.6. The summed E-state index contributed by atoms with van der Waals surface area (Å²) in [7, 11) is -1.86. The molecule has 27 heavy (non-hydrogen) atoms. The maximum atomic E-state index is 11.7. The number of aromatic amines is 1. The summed E-state index contributed by atoms with van der Waals surface area (Å²) in [5.74, 6) is 1.24. The SMILES string of the molecule is CCC(C)COc1ccnc2[nH]cc(-c3ccc(CS(=O)(=O)NC)cc3)c12. The molecule has 144 valence electrons. The number of H-pyrrole nitrogens is 1. The average Bonchev–Trinajstić information content (AvgIpc) is 3.11. The van der Waals surface area contributed by atoms with Crippen LogP contribution in [0.25, 0.3) is 22.2 Å².